The number of aromatic carboxylic acids is 1. The van der Waals surface area contributed by atoms with Crippen molar-refractivity contribution in [2.45, 2.75) is 39.0 Å². The zero-order chi connectivity index (χ0) is 13.8. The summed E-state index contributed by atoms with van der Waals surface area (Å²) in [6, 6.07) is 4.61. The van der Waals surface area contributed by atoms with E-state index in [1.54, 1.807) is 19.1 Å². The Morgan fingerprint density at radius 1 is 1.16 bits per heavy atom. The van der Waals surface area contributed by atoms with E-state index in [1.807, 2.05) is 0 Å². The molecule has 0 bridgehead atoms. The van der Waals surface area contributed by atoms with Crippen LogP contribution < -0.4 is 0 Å². The fourth-order valence-electron chi connectivity index (χ4n) is 2.22. The summed E-state index contributed by atoms with van der Waals surface area (Å²) in [6.45, 7) is 1.70. The summed E-state index contributed by atoms with van der Waals surface area (Å²) in [6.07, 6.45) is 5.74. The number of aryl methyl sites for hydroxylation is 1. The Kier molecular flexibility index (Phi) is 4.20. The molecule has 0 unspecified atom stereocenters. The van der Waals surface area contributed by atoms with E-state index in [1.165, 1.54) is 12.5 Å². The van der Waals surface area contributed by atoms with E-state index in [4.69, 9.17) is 9.84 Å². The van der Waals surface area contributed by atoms with Gasteiger partial charge < -0.3 is 9.84 Å². The summed E-state index contributed by atoms with van der Waals surface area (Å²) < 4.78 is 5.34. The summed E-state index contributed by atoms with van der Waals surface area (Å²) in [5.74, 6) is -1.49. The Balaban J connectivity index is 2.10. The highest BCUT2D eigenvalue weighted by Gasteiger charge is 2.21. The Morgan fingerprint density at radius 3 is 2.47 bits per heavy atom. The monoisotopic (exact) mass is 261 g/mol. The summed E-state index contributed by atoms with van der Waals surface area (Å²) in [7, 11) is 0. The van der Waals surface area contributed by atoms with Gasteiger partial charge in [-0.1, -0.05) is 12.5 Å². The zero-order valence-electron chi connectivity index (χ0n) is 10.9. The molecule has 0 amide bonds. The minimum atomic E-state index is -1.03. The van der Waals surface area contributed by atoms with Gasteiger partial charge in [0.25, 0.3) is 0 Å². The number of carbonyl (C=O) groups is 2. The number of carboxylic acids is 1. The molecule has 101 valence electrons. The third-order valence-corrected chi connectivity index (χ3v) is 3.35. The predicted molar refractivity (Wildman–Crippen MR) is 69.9 cm³/mol. The first-order valence-corrected chi connectivity index (χ1v) is 6.49. The van der Waals surface area contributed by atoms with Crippen LogP contribution in [0.5, 0.6) is 0 Å². The molecule has 4 nitrogen and oxygen atoms in total. The molecule has 1 aromatic rings. The van der Waals surface area contributed by atoms with Crippen LogP contribution in [0.4, 0.5) is 0 Å². The van der Waals surface area contributed by atoms with Gasteiger partial charge in [-0.05, 0) is 50.3 Å². The molecular formula is C15H17O4. The summed E-state index contributed by atoms with van der Waals surface area (Å²) >= 11 is 0. The van der Waals surface area contributed by atoms with E-state index in [9.17, 15) is 9.59 Å². The highest BCUT2D eigenvalue weighted by molar-refractivity contribution is 5.95. The Labute approximate surface area is 112 Å². The molecule has 2 rings (SSSR count). The van der Waals surface area contributed by atoms with E-state index < -0.39 is 11.9 Å². The number of carboxylic acid groups (broad SMARTS) is 1. The van der Waals surface area contributed by atoms with Crippen LogP contribution in [0.2, 0.25) is 0 Å². The van der Waals surface area contributed by atoms with Crippen molar-refractivity contribution in [3.8, 4) is 0 Å². The summed E-state index contributed by atoms with van der Waals surface area (Å²) in [4.78, 5) is 23.0. The largest absolute Gasteiger partial charge is 0.478 e. The number of carbonyl (C=O) groups excluding carboxylic acids is 1. The lowest BCUT2D eigenvalue weighted by molar-refractivity contribution is 0.0475. The highest BCUT2D eigenvalue weighted by Crippen LogP contribution is 2.27. The molecule has 0 atom stereocenters. The molecule has 19 heavy (non-hydrogen) atoms. The van der Waals surface area contributed by atoms with Crippen LogP contribution >= 0.6 is 0 Å². The van der Waals surface area contributed by atoms with E-state index in [0.717, 1.165) is 31.8 Å². The number of esters is 1. The molecular weight excluding hydrogens is 244 g/mol. The van der Waals surface area contributed by atoms with E-state index >= 15 is 0 Å². The molecule has 4 heteroatoms. The van der Waals surface area contributed by atoms with Crippen LogP contribution in [0.25, 0.3) is 0 Å². The topological polar surface area (TPSA) is 63.6 Å². The lowest BCUT2D eigenvalue weighted by atomic mass is 9.97. The molecule has 1 aromatic carbocycles. The average Bonchev–Trinajstić information content (AvgIpc) is 2.40. The quantitative estimate of drug-likeness (QED) is 0.847. The summed E-state index contributed by atoms with van der Waals surface area (Å²) in [5, 5.41) is 9.04. The van der Waals surface area contributed by atoms with E-state index in [2.05, 4.69) is 0 Å². The molecule has 0 saturated heterocycles. The average molecular weight is 261 g/mol. The number of hydrogen-bond donors (Lipinski definition) is 1. The Bertz CT molecular complexity index is 487. The Hall–Kier alpha value is -1.84. The second-order valence-electron chi connectivity index (χ2n) is 4.82. The number of ether oxygens (including phenoxy) is 1. The van der Waals surface area contributed by atoms with Crippen molar-refractivity contribution in [3.63, 3.8) is 0 Å². The number of hydrogen-bond acceptors (Lipinski definition) is 3. The second kappa shape index (κ2) is 5.87. The third kappa shape index (κ3) is 3.34. The van der Waals surface area contributed by atoms with Crippen molar-refractivity contribution in [2.75, 3.05) is 0 Å². The third-order valence-electron chi connectivity index (χ3n) is 3.35. The van der Waals surface area contributed by atoms with Gasteiger partial charge in [0.1, 0.15) is 0 Å². The van der Waals surface area contributed by atoms with Crippen molar-refractivity contribution >= 4 is 11.9 Å². The van der Waals surface area contributed by atoms with Gasteiger partial charge in [-0.25, -0.2) is 9.59 Å². The lowest BCUT2D eigenvalue weighted by Gasteiger charge is -2.20. The molecule has 0 spiro atoms. The molecule has 0 heterocycles. The fourth-order valence-corrected chi connectivity index (χ4v) is 2.22. The number of rotatable bonds is 3. The lowest BCUT2D eigenvalue weighted by Crippen LogP contribution is -2.14. The Morgan fingerprint density at radius 2 is 1.84 bits per heavy atom. The van der Waals surface area contributed by atoms with Gasteiger partial charge in [0.05, 0.1) is 11.1 Å². The molecule has 1 aliphatic rings. The first kappa shape index (κ1) is 13.6. The molecule has 1 radical (unpaired) electrons. The van der Waals surface area contributed by atoms with Crippen molar-refractivity contribution in [1.29, 1.82) is 0 Å². The number of benzene rings is 1. The normalized spacial score (nSPS) is 16.1. The molecule has 1 saturated carbocycles. The van der Waals surface area contributed by atoms with Crippen LogP contribution in [-0.4, -0.2) is 17.0 Å². The van der Waals surface area contributed by atoms with Gasteiger partial charge in [0, 0.05) is 0 Å². The molecule has 1 N–H and O–H groups in total. The summed E-state index contributed by atoms with van der Waals surface area (Å²) in [5.41, 5.74) is 1.07. The van der Waals surface area contributed by atoms with Crippen LogP contribution in [0.1, 0.15) is 58.4 Å². The SMILES string of the molecule is Cc1ccc(C(=O)O[C]2CCCCC2)cc1C(=O)O. The van der Waals surface area contributed by atoms with Gasteiger partial charge in [0.2, 0.25) is 0 Å². The van der Waals surface area contributed by atoms with Crippen LogP contribution in [0, 0.1) is 13.0 Å². The first-order chi connectivity index (χ1) is 9.08. The standard InChI is InChI=1S/C15H17O4/c1-10-7-8-11(9-13(10)14(16)17)15(18)19-12-5-3-2-4-6-12/h7-9H,2-6H2,1H3,(H,16,17). The van der Waals surface area contributed by atoms with Gasteiger partial charge in [-0.3, -0.25) is 0 Å². The minimum absolute atomic E-state index is 0.142. The molecule has 1 fully saturated rings. The van der Waals surface area contributed by atoms with Crippen molar-refractivity contribution < 1.29 is 19.4 Å². The fraction of sp³-hybridized carbons (Fsp3) is 0.400. The van der Waals surface area contributed by atoms with Gasteiger partial charge in [-0.2, -0.15) is 0 Å². The van der Waals surface area contributed by atoms with E-state index in [0.29, 0.717) is 11.1 Å². The highest BCUT2D eigenvalue weighted by atomic mass is 16.5. The maximum Gasteiger partial charge on any atom is 0.338 e. The predicted octanol–water partition coefficient (Wildman–Crippen LogP) is 3.35. The van der Waals surface area contributed by atoms with Crippen LogP contribution in [-0.2, 0) is 4.74 Å². The molecule has 0 aliphatic heterocycles. The van der Waals surface area contributed by atoms with Gasteiger partial charge in [-0.15, -0.1) is 0 Å². The minimum Gasteiger partial charge on any atom is -0.478 e. The zero-order valence-corrected chi connectivity index (χ0v) is 10.9. The van der Waals surface area contributed by atoms with E-state index in [-0.39, 0.29) is 5.56 Å². The van der Waals surface area contributed by atoms with Crippen LogP contribution in [0.15, 0.2) is 18.2 Å². The smallest absolute Gasteiger partial charge is 0.338 e. The van der Waals surface area contributed by atoms with Crippen LogP contribution in [0.3, 0.4) is 0 Å². The molecule has 0 aromatic heterocycles. The molecule has 1 aliphatic carbocycles. The maximum atomic E-state index is 12.0. The van der Waals surface area contributed by atoms with Gasteiger partial charge in [0.15, 0.2) is 6.10 Å². The second-order valence-corrected chi connectivity index (χ2v) is 4.82. The maximum absolute atomic E-state index is 12.0. The van der Waals surface area contributed by atoms with Crippen molar-refractivity contribution in [2.24, 2.45) is 0 Å². The first-order valence-electron chi connectivity index (χ1n) is 6.49. The van der Waals surface area contributed by atoms with Gasteiger partial charge >= 0.3 is 11.9 Å². The van der Waals surface area contributed by atoms with Crippen molar-refractivity contribution in [1.82, 2.24) is 0 Å². The van der Waals surface area contributed by atoms with Crippen molar-refractivity contribution in [3.05, 3.63) is 41.0 Å².